The predicted octanol–water partition coefficient (Wildman–Crippen LogP) is 3.52. The first kappa shape index (κ1) is 22.3. The number of nitrogens with zero attached hydrogens (tertiary/aromatic N) is 5. The molecule has 0 radical (unpaired) electrons. The molecule has 2 N–H and O–H groups in total. The van der Waals surface area contributed by atoms with Gasteiger partial charge in [0.15, 0.2) is 0 Å². The van der Waals surface area contributed by atoms with E-state index >= 15 is 0 Å². The molecular weight excluding hydrogens is 464 g/mol. The van der Waals surface area contributed by atoms with Crippen molar-refractivity contribution in [3.05, 3.63) is 95.5 Å². The minimum Gasteiger partial charge on any atom is -0.371 e. The number of benzene rings is 3. The van der Waals surface area contributed by atoms with Gasteiger partial charge in [0.1, 0.15) is 18.4 Å². The van der Waals surface area contributed by atoms with Crippen LogP contribution in [-0.2, 0) is 16.8 Å². The Balaban J connectivity index is 1.70. The van der Waals surface area contributed by atoms with Crippen molar-refractivity contribution in [1.29, 1.82) is 5.26 Å². The molecule has 0 unspecified atom stereocenters. The molecule has 0 aliphatic rings. The van der Waals surface area contributed by atoms with Crippen molar-refractivity contribution in [2.45, 2.75) is 6.54 Å². The normalized spacial score (nSPS) is 11.1. The summed E-state index contributed by atoms with van der Waals surface area (Å²) in [6.07, 6.45) is 3.11. The van der Waals surface area contributed by atoms with Crippen LogP contribution in [0, 0.1) is 11.3 Å². The summed E-state index contributed by atoms with van der Waals surface area (Å²) in [5.74, 6) is 0.112. The number of nitrogens with two attached hydrogens (primary N) is 1. The summed E-state index contributed by atoms with van der Waals surface area (Å²) in [5, 5.41) is 24.8. The van der Waals surface area contributed by atoms with Gasteiger partial charge in [-0.1, -0.05) is 35.9 Å². The van der Waals surface area contributed by atoms with Crippen molar-refractivity contribution < 1.29 is 12.6 Å². The topological polar surface area (TPSA) is 127 Å². The van der Waals surface area contributed by atoms with Gasteiger partial charge in [0.05, 0.1) is 23.9 Å². The lowest BCUT2D eigenvalue weighted by Crippen LogP contribution is -2.28. The number of anilines is 1. The Morgan fingerprint density at radius 2 is 1.70 bits per heavy atom. The molecule has 0 aliphatic carbocycles. The molecule has 33 heavy (non-hydrogen) atoms. The molecular formula is C22H17ClN6O3S. The molecule has 0 aliphatic heterocycles. The Hall–Kier alpha value is -3.91. The summed E-state index contributed by atoms with van der Waals surface area (Å²) in [6.45, 7) is 0.389. The van der Waals surface area contributed by atoms with Crippen LogP contribution >= 0.6 is 11.6 Å². The first-order chi connectivity index (χ1) is 15.8. The average Bonchev–Trinajstić information content (AvgIpc) is 3.32. The van der Waals surface area contributed by atoms with Gasteiger partial charge in [0, 0.05) is 10.6 Å². The number of aromatic nitrogens is 3. The Bertz CT molecular complexity index is 1400. The largest absolute Gasteiger partial charge is 0.380 e. The van der Waals surface area contributed by atoms with Crippen LogP contribution in [0.4, 0.5) is 5.69 Å². The zero-order valence-electron chi connectivity index (χ0n) is 17.0. The minimum atomic E-state index is -4.10. The van der Waals surface area contributed by atoms with E-state index in [9.17, 15) is 13.7 Å². The van der Waals surface area contributed by atoms with Crippen molar-refractivity contribution >= 4 is 27.6 Å². The van der Waals surface area contributed by atoms with E-state index in [4.69, 9.17) is 16.7 Å². The maximum Gasteiger partial charge on any atom is 0.380 e. The Labute approximate surface area is 195 Å². The maximum atomic E-state index is 11.1. The molecule has 0 atom stereocenters. The van der Waals surface area contributed by atoms with E-state index in [0.717, 1.165) is 22.4 Å². The highest BCUT2D eigenvalue weighted by molar-refractivity contribution is 7.84. The Kier molecular flexibility index (Phi) is 6.28. The third-order valence-electron chi connectivity index (χ3n) is 4.73. The molecule has 1 aromatic heterocycles. The lowest BCUT2D eigenvalue weighted by atomic mass is 9.99. The van der Waals surface area contributed by atoms with Crippen LogP contribution in [-0.4, -0.2) is 23.3 Å². The minimum absolute atomic E-state index is 0.112. The molecule has 0 spiro atoms. The van der Waals surface area contributed by atoms with Gasteiger partial charge < -0.3 is 4.18 Å². The van der Waals surface area contributed by atoms with Crippen LogP contribution in [0.2, 0.25) is 5.02 Å². The van der Waals surface area contributed by atoms with Gasteiger partial charge in [0.25, 0.3) is 0 Å². The molecule has 3 aromatic carbocycles. The quantitative estimate of drug-likeness (QED) is 0.428. The predicted molar refractivity (Wildman–Crippen MR) is 123 cm³/mol. The van der Waals surface area contributed by atoms with Gasteiger partial charge in [-0.05, 0) is 53.6 Å². The maximum absolute atomic E-state index is 11.1. The van der Waals surface area contributed by atoms with Crippen LogP contribution in [0.3, 0.4) is 0 Å². The summed E-state index contributed by atoms with van der Waals surface area (Å²) in [7, 11) is -4.10. The number of halogens is 1. The number of rotatable bonds is 7. The summed E-state index contributed by atoms with van der Waals surface area (Å²) in [5.41, 5.74) is 3.76. The average molecular weight is 481 g/mol. The van der Waals surface area contributed by atoms with Crippen molar-refractivity contribution in [1.82, 2.24) is 14.9 Å². The second-order valence-corrected chi connectivity index (χ2v) is 8.56. The molecule has 11 heteroatoms. The van der Waals surface area contributed by atoms with Gasteiger partial charge >= 0.3 is 10.3 Å². The smallest absolute Gasteiger partial charge is 0.371 e. The fraction of sp³-hybridized carbons (Fsp3) is 0.0455. The zero-order chi connectivity index (χ0) is 23.4. The standard InChI is InChI=1S/C22H17ClN6O3S/c23-19-6-3-17(4-7-19)22-11-20(8-5-18(22)12-24)29(28-14-26-27-15-28)13-16-1-9-21(10-2-16)32-33(25,30)31/h1-11,14-15H,13H2,(H2,25,30,31). The molecule has 0 amide bonds. The van der Waals surface area contributed by atoms with Gasteiger partial charge in [-0.25, -0.2) is 4.68 Å². The van der Waals surface area contributed by atoms with Crippen molar-refractivity contribution in [3.8, 4) is 22.9 Å². The Morgan fingerprint density at radius 3 is 2.30 bits per heavy atom. The van der Waals surface area contributed by atoms with E-state index in [0.29, 0.717) is 17.1 Å². The van der Waals surface area contributed by atoms with Crippen LogP contribution in [0.15, 0.2) is 79.4 Å². The number of hydrogen-bond donors (Lipinski definition) is 1. The first-order valence-electron chi connectivity index (χ1n) is 9.56. The molecule has 0 bridgehead atoms. The van der Waals surface area contributed by atoms with Crippen LogP contribution in [0.1, 0.15) is 11.1 Å². The van der Waals surface area contributed by atoms with E-state index in [1.165, 1.54) is 12.1 Å². The second-order valence-electron chi connectivity index (χ2n) is 6.97. The highest BCUT2D eigenvalue weighted by Gasteiger charge is 2.14. The summed E-state index contributed by atoms with van der Waals surface area (Å²) in [6, 6.07) is 21.4. The zero-order valence-corrected chi connectivity index (χ0v) is 18.6. The molecule has 0 saturated carbocycles. The molecule has 0 saturated heterocycles. The van der Waals surface area contributed by atoms with Gasteiger partial charge in [-0.2, -0.15) is 18.8 Å². The van der Waals surface area contributed by atoms with Crippen molar-refractivity contribution in [3.63, 3.8) is 0 Å². The van der Waals surface area contributed by atoms with Crippen LogP contribution < -0.4 is 14.3 Å². The van der Waals surface area contributed by atoms with Crippen LogP contribution in [0.25, 0.3) is 11.1 Å². The second kappa shape index (κ2) is 9.30. The van der Waals surface area contributed by atoms with E-state index in [-0.39, 0.29) is 5.75 Å². The third kappa shape index (κ3) is 5.48. The molecule has 0 fully saturated rings. The summed E-state index contributed by atoms with van der Waals surface area (Å²) < 4.78 is 28.6. The Morgan fingerprint density at radius 1 is 1.03 bits per heavy atom. The first-order valence-corrected chi connectivity index (χ1v) is 11.4. The molecule has 1 heterocycles. The van der Waals surface area contributed by atoms with Gasteiger partial charge in [-0.3, -0.25) is 5.01 Å². The monoisotopic (exact) mass is 480 g/mol. The highest BCUT2D eigenvalue weighted by Crippen LogP contribution is 2.30. The number of hydrogen-bond acceptors (Lipinski definition) is 7. The fourth-order valence-corrected chi connectivity index (χ4v) is 3.75. The van der Waals surface area contributed by atoms with Crippen molar-refractivity contribution in [2.24, 2.45) is 5.14 Å². The van der Waals surface area contributed by atoms with Crippen LogP contribution in [0.5, 0.6) is 5.75 Å². The highest BCUT2D eigenvalue weighted by atomic mass is 35.5. The van der Waals surface area contributed by atoms with Crippen molar-refractivity contribution in [2.75, 3.05) is 5.01 Å². The van der Waals surface area contributed by atoms with E-state index in [1.54, 1.807) is 47.7 Å². The van der Waals surface area contributed by atoms with Gasteiger partial charge in [-0.15, -0.1) is 10.2 Å². The molecule has 4 aromatic rings. The lowest BCUT2D eigenvalue weighted by molar-refractivity contribution is 0.487. The number of nitriles is 1. The molecule has 9 nitrogen and oxygen atoms in total. The van der Waals surface area contributed by atoms with E-state index in [2.05, 4.69) is 20.4 Å². The molecule has 4 rings (SSSR count). The molecule has 166 valence electrons. The van der Waals surface area contributed by atoms with E-state index < -0.39 is 10.3 Å². The summed E-state index contributed by atoms with van der Waals surface area (Å²) in [4.78, 5) is 0. The third-order valence-corrected chi connectivity index (χ3v) is 5.41. The van der Waals surface area contributed by atoms with Gasteiger partial charge in [0.2, 0.25) is 0 Å². The summed E-state index contributed by atoms with van der Waals surface area (Å²) >= 11 is 6.02. The van der Waals surface area contributed by atoms with E-state index in [1.807, 2.05) is 29.3 Å². The fourth-order valence-electron chi connectivity index (χ4n) is 3.24. The SMILES string of the molecule is N#Cc1ccc(N(Cc2ccc(OS(N)(=O)=O)cc2)n2cnnc2)cc1-c1ccc(Cl)cc1. The lowest BCUT2D eigenvalue weighted by Gasteiger charge is -2.26.